The van der Waals surface area contributed by atoms with Crippen LogP contribution >= 0.6 is 0 Å². The van der Waals surface area contributed by atoms with E-state index in [4.69, 9.17) is 5.73 Å². The molecule has 4 heteroatoms. The highest BCUT2D eigenvalue weighted by atomic mass is 15.4. The van der Waals surface area contributed by atoms with E-state index in [1.165, 1.54) is 18.4 Å². The normalized spacial score (nSPS) is 15.3. The summed E-state index contributed by atoms with van der Waals surface area (Å²) in [5, 5.41) is 4.27. The summed E-state index contributed by atoms with van der Waals surface area (Å²) in [6.07, 6.45) is 2.40. The van der Waals surface area contributed by atoms with Gasteiger partial charge in [0.25, 0.3) is 0 Å². The van der Waals surface area contributed by atoms with Crippen molar-refractivity contribution in [3.8, 4) is 5.69 Å². The highest BCUT2D eigenvalue weighted by Crippen LogP contribution is 2.39. The Labute approximate surface area is 94.1 Å². The third-order valence-electron chi connectivity index (χ3n) is 2.84. The Morgan fingerprint density at radius 3 is 2.88 bits per heavy atom. The Kier molecular flexibility index (Phi) is 1.96. The predicted octanol–water partition coefficient (Wildman–Crippen LogP) is 2.04. The molecule has 2 aromatic rings. The maximum absolute atomic E-state index is 5.68. The number of nitrogen functional groups attached to an aromatic ring is 1. The number of nitrogens with two attached hydrogens (primary N) is 1. The van der Waals surface area contributed by atoms with E-state index in [0.29, 0.717) is 11.9 Å². The van der Waals surface area contributed by atoms with Crippen molar-refractivity contribution in [2.75, 3.05) is 5.73 Å². The molecule has 0 bridgehead atoms. The topological polar surface area (TPSA) is 56.7 Å². The highest BCUT2D eigenvalue weighted by molar-refractivity contribution is 5.37. The molecule has 82 valence electrons. The van der Waals surface area contributed by atoms with E-state index in [-0.39, 0.29) is 0 Å². The lowest BCUT2D eigenvalue weighted by molar-refractivity contribution is 0.795. The van der Waals surface area contributed by atoms with Gasteiger partial charge < -0.3 is 5.73 Å². The van der Waals surface area contributed by atoms with Gasteiger partial charge in [-0.3, -0.25) is 0 Å². The van der Waals surface area contributed by atoms with E-state index in [1.54, 1.807) is 0 Å². The van der Waals surface area contributed by atoms with Gasteiger partial charge >= 0.3 is 0 Å². The van der Waals surface area contributed by atoms with Crippen LogP contribution in [0.3, 0.4) is 0 Å². The van der Waals surface area contributed by atoms with Crippen molar-refractivity contribution < 1.29 is 0 Å². The fourth-order valence-corrected chi connectivity index (χ4v) is 1.90. The van der Waals surface area contributed by atoms with Crippen molar-refractivity contribution >= 4 is 5.95 Å². The summed E-state index contributed by atoms with van der Waals surface area (Å²) in [6.45, 7) is 2.07. The third-order valence-corrected chi connectivity index (χ3v) is 2.84. The van der Waals surface area contributed by atoms with Crippen LogP contribution in [-0.2, 0) is 0 Å². The van der Waals surface area contributed by atoms with Crippen molar-refractivity contribution in [2.45, 2.75) is 25.7 Å². The van der Waals surface area contributed by atoms with Crippen LogP contribution in [-0.4, -0.2) is 14.8 Å². The molecule has 1 heterocycles. The first-order valence-electron chi connectivity index (χ1n) is 5.53. The Hall–Kier alpha value is -1.84. The number of aryl methyl sites for hydroxylation is 1. The number of anilines is 1. The van der Waals surface area contributed by atoms with Gasteiger partial charge in [-0.1, -0.05) is 12.1 Å². The number of benzene rings is 1. The molecule has 0 radical (unpaired) electrons. The maximum Gasteiger partial charge on any atom is 0.240 e. The first-order chi connectivity index (χ1) is 7.74. The third kappa shape index (κ3) is 1.56. The minimum atomic E-state index is 0.364. The molecule has 3 rings (SSSR count). The van der Waals surface area contributed by atoms with Crippen LogP contribution in [0, 0.1) is 6.92 Å². The molecule has 1 aromatic carbocycles. The molecule has 0 amide bonds. The van der Waals surface area contributed by atoms with Gasteiger partial charge in [-0.15, -0.1) is 5.10 Å². The minimum absolute atomic E-state index is 0.364. The number of hydrogen-bond acceptors (Lipinski definition) is 3. The van der Waals surface area contributed by atoms with Gasteiger partial charge in [-0.2, -0.15) is 4.98 Å². The van der Waals surface area contributed by atoms with E-state index in [2.05, 4.69) is 29.1 Å². The number of rotatable bonds is 2. The van der Waals surface area contributed by atoms with Gasteiger partial charge in [-0.25, -0.2) is 4.68 Å². The fourth-order valence-electron chi connectivity index (χ4n) is 1.90. The standard InChI is InChI=1S/C12H14N4/c1-8-3-2-4-10(7-8)16-11(9-5-6-9)14-12(13)15-16/h2-4,7,9H,5-6H2,1H3,(H2,13,15). The zero-order valence-corrected chi connectivity index (χ0v) is 9.22. The molecule has 0 atom stereocenters. The zero-order chi connectivity index (χ0) is 11.1. The first-order valence-corrected chi connectivity index (χ1v) is 5.53. The molecule has 1 aliphatic rings. The van der Waals surface area contributed by atoms with Crippen molar-refractivity contribution in [3.05, 3.63) is 35.7 Å². The van der Waals surface area contributed by atoms with Gasteiger partial charge in [0.2, 0.25) is 5.95 Å². The first kappa shape index (κ1) is 9.39. The van der Waals surface area contributed by atoms with Crippen LogP contribution in [0.25, 0.3) is 5.69 Å². The van der Waals surface area contributed by atoms with E-state index in [0.717, 1.165) is 11.5 Å². The van der Waals surface area contributed by atoms with Gasteiger partial charge in [0.15, 0.2) is 0 Å². The van der Waals surface area contributed by atoms with Crippen LogP contribution in [0.15, 0.2) is 24.3 Å². The maximum atomic E-state index is 5.68. The lowest BCUT2D eigenvalue weighted by atomic mass is 10.2. The molecule has 16 heavy (non-hydrogen) atoms. The predicted molar refractivity (Wildman–Crippen MR) is 62.5 cm³/mol. The monoisotopic (exact) mass is 214 g/mol. The summed E-state index contributed by atoms with van der Waals surface area (Å²) >= 11 is 0. The van der Waals surface area contributed by atoms with Crippen molar-refractivity contribution in [2.24, 2.45) is 0 Å². The van der Waals surface area contributed by atoms with E-state index < -0.39 is 0 Å². The summed E-state index contributed by atoms with van der Waals surface area (Å²) in [5.41, 5.74) is 7.94. The van der Waals surface area contributed by atoms with Crippen LogP contribution in [0.4, 0.5) is 5.95 Å². The summed E-state index contributed by atoms with van der Waals surface area (Å²) in [5.74, 6) is 1.91. The molecular formula is C12H14N4. The minimum Gasteiger partial charge on any atom is -0.366 e. The average molecular weight is 214 g/mol. The van der Waals surface area contributed by atoms with Gasteiger partial charge in [0.1, 0.15) is 5.82 Å². The van der Waals surface area contributed by atoms with Crippen LogP contribution in [0.5, 0.6) is 0 Å². The van der Waals surface area contributed by atoms with Crippen molar-refractivity contribution in [1.82, 2.24) is 14.8 Å². The molecular weight excluding hydrogens is 200 g/mol. The Bertz CT molecular complexity index is 526. The Morgan fingerprint density at radius 2 is 2.19 bits per heavy atom. The molecule has 1 aliphatic carbocycles. The number of aromatic nitrogens is 3. The van der Waals surface area contributed by atoms with E-state index in [1.807, 2.05) is 16.8 Å². The second-order valence-electron chi connectivity index (χ2n) is 4.35. The van der Waals surface area contributed by atoms with Gasteiger partial charge in [0.05, 0.1) is 5.69 Å². The second-order valence-corrected chi connectivity index (χ2v) is 4.35. The lowest BCUT2D eigenvalue weighted by Gasteiger charge is -2.05. The quantitative estimate of drug-likeness (QED) is 0.832. The van der Waals surface area contributed by atoms with Crippen molar-refractivity contribution in [1.29, 1.82) is 0 Å². The SMILES string of the molecule is Cc1cccc(-n2nc(N)nc2C2CC2)c1. The Morgan fingerprint density at radius 1 is 1.38 bits per heavy atom. The lowest BCUT2D eigenvalue weighted by Crippen LogP contribution is -2.02. The summed E-state index contributed by atoms with van der Waals surface area (Å²) in [4.78, 5) is 4.31. The van der Waals surface area contributed by atoms with Gasteiger partial charge in [0, 0.05) is 5.92 Å². The second kappa shape index (κ2) is 3.33. The van der Waals surface area contributed by atoms with E-state index >= 15 is 0 Å². The molecule has 4 nitrogen and oxygen atoms in total. The van der Waals surface area contributed by atoms with Crippen LogP contribution in [0.2, 0.25) is 0 Å². The van der Waals surface area contributed by atoms with Crippen LogP contribution in [0.1, 0.15) is 30.1 Å². The summed E-state index contributed by atoms with van der Waals surface area (Å²) in [7, 11) is 0. The fraction of sp³-hybridized carbons (Fsp3) is 0.333. The molecule has 1 fully saturated rings. The average Bonchev–Trinajstić information content (AvgIpc) is 3.02. The number of nitrogens with zero attached hydrogens (tertiary/aromatic N) is 3. The summed E-state index contributed by atoms with van der Waals surface area (Å²) in [6, 6.07) is 8.23. The van der Waals surface area contributed by atoms with Gasteiger partial charge in [-0.05, 0) is 37.5 Å². The smallest absolute Gasteiger partial charge is 0.240 e. The molecule has 0 aliphatic heterocycles. The molecule has 0 saturated heterocycles. The molecule has 2 N–H and O–H groups in total. The largest absolute Gasteiger partial charge is 0.366 e. The number of hydrogen-bond donors (Lipinski definition) is 1. The van der Waals surface area contributed by atoms with Crippen LogP contribution < -0.4 is 5.73 Å². The highest BCUT2D eigenvalue weighted by Gasteiger charge is 2.29. The zero-order valence-electron chi connectivity index (χ0n) is 9.22. The Balaban J connectivity index is 2.11. The molecule has 1 saturated carbocycles. The van der Waals surface area contributed by atoms with E-state index in [9.17, 15) is 0 Å². The molecule has 1 aromatic heterocycles. The molecule has 0 spiro atoms. The van der Waals surface area contributed by atoms with Crippen molar-refractivity contribution in [3.63, 3.8) is 0 Å². The summed E-state index contributed by atoms with van der Waals surface area (Å²) < 4.78 is 1.88. The molecule has 0 unspecified atom stereocenters.